The van der Waals surface area contributed by atoms with Gasteiger partial charge in [0.25, 0.3) is 0 Å². The molecule has 0 aromatic carbocycles. The summed E-state index contributed by atoms with van der Waals surface area (Å²) in [6.45, 7) is 9.04. The molecule has 0 aliphatic carbocycles. The van der Waals surface area contributed by atoms with E-state index in [9.17, 15) is 0 Å². The van der Waals surface area contributed by atoms with Gasteiger partial charge in [-0.05, 0) is 45.7 Å². The van der Waals surface area contributed by atoms with E-state index >= 15 is 0 Å². The van der Waals surface area contributed by atoms with Gasteiger partial charge in [0.05, 0.1) is 11.4 Å². The Bertz CT molecular complexity index is 368. The number of nitrogens with one attached hydrogen (secondary N) is 1. The van der Waals surface area contributed by atoms with E-state index < -0.39 is 0 Å². The maximum Gasteiger partial charge on any atom is 0.0625 e. The van der Waals surface area contributed by atoms with Crippen LogP contribution < -0.4 is 5.32 Å². The summed E-state index contributed by atoms with van der Waals surface area (Å²) in [6, 6.07) is 2.69. The van der Waals surface area contributed by atoms with Gasteiger partial charge in [0, 0.05) is 12.6 Å². The smallest absolute Gasteiger partial charge is 0.0625 e. The van der Waals surface area contributed by atoms with Crippen LogP contribution in [-0.2, 0) is 13.0 Å². The third-order valence-corrected chi connectivity index (χ3v) is 3.63. The van der Waals surface area contributed by atoms with Gasteiger partial charge in [0.2, 0.25) is 0 Å². The monoisotopic (exact) mass is 263 g/mol. The molecule has 108 valence electrons. The Morgan fingerprint density at radius 1 is 1.37 bits per heavy atom. The van der Waals surface area contributed by atoms with Crippen molar-refractivity contribution in [2.75, 3.05) is 7.05 Å². The first-order chi connectivity index (χ1) is 9.26. The summed E-state index contributed by atoms with van der Waals surface area (Å²) in [5.41, 5.74) is 2.54. The second-order valence-corrected chi connectivity index (χ2v) is 5.00. The summed E-state index contributed by atoms with van der Waals surface area (Å²) in [6.07, 6.45) is 9.14. The third-order valence-electron chi connectivity index (χ3n) is 3.63. The molecule has 1 N–H and O–H groups in total. The number of allylic oxidation sites excluding steroid dienone is 1. The average molecular weight is 263 g/mol. The number of rotatable bonds is 10. The zero-order chi connectivity index (χ0) is 14.1. The number of unbranched alkanes of at least 4 members (excludes halogenated alkanes) is 3. The highest BCUT2D eigenvalue weighted by atomic mass is 15.3. The van der Waals surface area contributed by atoms with Crippen LogP contribution in [0.1, 0.15) is 63.4 Å². The molecule has 0 spiro atoms. The molecule has 3 heteroatoms. The minimum absolute atomic E-state index is 0.427. The van der Waals surface area contributed by atoms with Crippen molar-refractivity contribution in [3.8, 4) is 0 Å². The largest absolute Gasteiger partial charge is 0.312 e. The van der Waals surface area contributed by atoms with E-state index in [0.29, 0.717) is 6.04 Å². The van der Waals surface area contributed by atoms with Crippen molar-refractivity contribution in [1.82, 2.24) is 15.1 Å². The van der Waals surface area contributed by atoms with Gasteiger partial charge in [-0.25, -0.2) is 0 Å². The predicted octanol–water partition coefficient (Wildman–Crippen LogP) is 3.86. The third kappa shape index (κ3) is 4.83. The van der Waals surface area contributed by atoms with Crippen molar-refractivity contribution < 1.29 is 0 Å². The first-order valence-corrected chi connectivity index (χ1v) is 7.61. The number of hydrogen-bond acceptors (Lipinski definition) is 2. The lowest BCUT2D eigenvalue weighted by Crippen LogP contribution is -2.20. The minimum Gasteiger partial charge on any atom is -0.312 e. The summed E-state index contributed by atoms with van der Waals surface area (Å²) >= 11 is 0. The molecule has 0 saturated carbocycles. The molecule has 19 heavy (non-hydrogen) atoms. The van der Waals surface area contributed by atoms with Crippen molar-refractivity contribution in [1.29, 1.82) is 0 Å². The number of aromatic nitrogens is 2. The fourth-order valence-corrected chi connectivity index (χ4v) is 2.45. The maximum absolute atomic E-state index is 4.64. The Hall–Kier alpha value is -1.09. The molecule has 0 aliphatic rings. The quantitative estimate of drug-likeness (QED) is 0.513. The van der Waals surface area contributed by atoms with Gasteiger partial charge in [0.1, 0.15) is 0 Å². The Kier molecular flexibility index (Phi) is 7.49. The Morgan fingerprint density at radius 3 is 2.74 bits per heavy atom. The molecule has 0 radical (unpaired) electrons. The van der Waals surface area contributed by atoms with E-state index in [1.165, 1.54) is 37.1 Å². The highest BCUT2D eigenvalue weighted by molar-refractivity contribution is 5.14. The van der Waals surface area contributed by atoms with Crippen LogP contribution in [0.3, 0.4) is 0 Å². The molecule has 0 fully saturated rings. The van der Waals surface area contributed by atoms with Gasteiger partial charge in [-0.3, -0.25) is 4.68 Å². The zero-order valence-electron chi connectivity index (χ0n) is 12.8. The predicted molar refractivity (Wildman–Crippen MR) is 82.4 cm³/mol. The Morgan fingerprint density at radius 2 is 2.16 bits per heavy atom. The van der Waals surface area contributed by atoms with Gasteiger partial charge >= 0.3 is 0 Å². The van der Waals surface area contributed by atoms with Crippen LogP contribution in [0.2, 0.25) is 0 Å². The molecule has 1 rings (SSSR count). The van der Waals surface area contributed by atoms with Crippen LogP contribution in [0.25, 0.3) is 0 Å². The van der Waals surface area contributed by atoms with Gasteiger partial charge in [0.15, 0.2) is 0 Å². The van der Waals surface area contributed by atoms with Gasteiger partial charge in [-0.2, -0.15) is 5.10 Å². The highest BCUT2D eigenvalue weighted by Gasteiger charge is 2.15. The molecule has 0 amide bonds. The first kappa shape index (κ1) is 16.0. The van der Waals surface area contributed by atoms with Crippen molar-refractivity contribution in [3.05, 3.63) is 30.1 Å². The van der Waals surface area contributed by atoms with E-state index in [4.69, 9.17) is 0 Å². The standard InChI is InChI=1S/C16H29N3/c1-5-8-9-10-11-12-15(17-4)16-13-14(6-2)18-19(16)7-3/h5,13,15,17H,1,6-12H2,2-4H3. The van der Waals surface area contributed by atoms with Crippen LogP contribution in [0.5, 0.6) is 0 Å². The highest BCUT2D eigenvalue weighted by Crippen LogP contribution is 2.21. The lowest BCUT2D eigenvalue weighted by Gasteiger charge is -2.17. The molecule has 0 aliphatic heterocycles. The van der Waals surface area contributed by atoms with Crippen LogP contribution in [0.15, 0.2) is 18.7 Å². The van der Waals surface area contributed by atoms with Crippen LogP contribution in [-0.4, -0.2) is 16.8 Å². The van der Waals surface area contributed by atoms with Crippen molar-refractivity contribution in [3.63, 3.8) is 0 Å². The van der Waals surface area contributed by atoms with Crippen molar-refractivity contribution >= 4 is 0 Å². The lowest BCUT2D eigenvalue weighted by molar-refractivity contribution is 0.465. The number of aryl methyl sites for hydroxylation is 2. The summed E-state index contributed by atoms with van der Waals surface area (Å²) in [7, 11) is 2.05. The molecule has 0 bridgehead atoms. The van der Waals surface area contributed by atoms with E-state index in [0.717, 1.165) is 19.4 Å². The van der Waals surface area contributed by atoms with Gasteiger partial charge in [-0.15, -0.1) is 6.58 Å². The van der Waals surface area contributed by atoms with Crippen molar-refractivity contribution in [2.24, 2.45) is 0 Å². The topological polar surface area (TPSA) is 29.9 Å². The fourth-order valence-electron chi connectivity index (χ4n) is 2.45. The fraction of sp³-hybridized carbons (Fsp3) is 0.688. The van der Waals surface area contributed by atoms with E-state index in [1.54, 1.807) is 0 Å². The zero-order valence-corrected chi connectivity index (χ0v) is 12.8. The second kappa shape index (κ2) is 8.92. The van der Waals surface area contributed by atoms with Gasteiger partial charge in [-0.1, -0.05) is 25.8 Å². The van der Waals surface area contributed by atoms with E-state index in [2.05, 4.69) is 41.6 Å². The SMILES string of the molecule is C=CCCCCCC(NC)c1cc(CC)nn1CC. The molecule has 1 heterocycles. The molecule has 1 unspecified atom stereocenters. The summed E-state index contributed by atoms with van der Waals surface area (Å²) in [5, 5.41) is 8.08. The lowest BCUT2D eigenvalue weighted by atomic mass is 10.0. The molecule has 1 aromatic rings. The number of hydrogen-bond donors (Lipinski definition) is 1. The Balaban J connectivity index is 2.57. The summed E-state index contributed by atoms with van der Waals surface area (Å²) in [4.78, 5) is 0. The van der Waals surface area contributed by atoms with Crippen LogP contribution >= 0.6 is 0 Å². The first-order valence-electron chi connectivity index (χ1n) is 7.61. The normalized spacial score (nSPS) is 12.6. The minimum atomic E-state index is 0.427. The second-order valence-electron chi connectivity index (χ2n) is 5.00. The Labute approximate surface area is 118 Å². The molecule has 1 aromatic heterocycles. The summed E-state index contributed by atoms with van der Waals surface area (Å²) < 4.78 is 2.14. The number of nitrogens with zero attached hydrogens (tertiary/aromatic N) is 2. The van der Waals surface area contributed by atoms with Crippen LogP contribution in [0, 0.1) is 0 Å². The maximum atomic E-state index is 4.64. The van der Waals surface area contributed by atoms with E-state index in [1.807, 2.05) is 13.1 Å². The molecule has 1 atom stereocenters. The molecule has 3 nitrogen and oxygen atoms in total. The van der Waals surface area contributed by atoms with Crippen molar-refractivity contribution in [2.45, 2.75) is 65.0 Å². The molecular formula is C16H29N3. The van der Waals surface area contributed by atoms with Gasteiger partial charge < -0.3 is 5.32 Å². The van der Waals surface area contributed by atoms with E-state index in [-0.39, 0.29) is 0 Å². The van der Waals surface area contributed by atoms with Crippen LogP contribution in [0.4, 0.5) is 0 Å². The average Bonchev–Trinajstić information content (AvgIpc) is 2.86. The summed E-state index contributed by atoms with van der Waals surface area (Å²) in [5.74, 6) is 0. The molecule has 0 saturated heterocycles. The molecular weight excluding hydrogens is 234 g/mol.